The summed E-state index contributed by atoms with van der Waals surface area (Å²) in [6, 6.07) is 5.59. The molecule has 1 rings (SSSR count). The highest BCUT2D eigenvalue weighted by Crippen LogP contribution is 2.36. The minimum atomic E-state index is 0.590. The smallest absolute Gasteiger partial charge is 0.203 e. The van der Waals surface area contributed by atoms with E-state index < -0.39 is 0 Å². The van der Waals surface area contributed by atoms with E-state index in [1.165, 1.54) is 0 Å². The number of rotatable bonds is 12. The molecule has 0 spiro atoms. The molecule has 5 heteroatoms. The molecule has 5 nitrogen and oxygen atoms in total. The van der Waals surface area contributed by atoms with Crippen molar-refractivity contribution in [3.63, 3.8) is 0 Å². The highest BCUT2D eigenvalue weighted by atomic mass is 16.5. The van der Waals surface area contributed by atoms with Crippen LogP contribution in [0.3, 0.4) is 0 Å². The molecule has 0 unspecified atom stereocenters. The number of ether oxygens (including phenoxy) is 4. The zero-order chi connectivity index (χ0) is 15.3. The lowest BCUT2D eigenvalue weighted by atomic mass is 10.2. The van der Waals surface area contributed by atoms with E-state index >= 15 is 0 Å². The third kappa shape index (κ3) is 6.69. The van der Waals surface area contributed by atoms with E-state index in [4.69, 9.17) is 24.7 Å². The van der Waals surface area contributed by atoms with Gasteiger partial charge in [0, 0.05) is 19.6 Å². The van der Waals surface area contributed by atoms with Crippen LogP contribution in [0.5, 0.6) is 17.2 Å². The number of hydrogen-bond donors (Lipinski definition) is 1. The van der Waals surface area contributed by atoms with Crippen molar-refractivity contribution < 1.29 is 18.9 Å². The normalized spacial score (nSPS) is 10.4. The van der Waals surface area contributed by atoms with Crippen molar-refractivity contribution in [2.45, 2.75) is 25.7 Å². The molecule has 0 amide bonds. The van der Waals surface area contributed by atoms with Gasteiger partial charge in [0.05, 0.1) is 20.8 Å². The Morgan fingerprint density at radius 3 is 2.33 bits per heavy atom. The number of para-hydroxylation sites is 1. The average molecular weight is 297 g/mol. The predicted octanol–water partition coefficient (Wildman–Crippen LogP) is 2.62. The molecule has 1 aromatic carbocycles. The van der Waals surface area contributed by atoms with Gasteiger partial charge in [0.2, 0.25) is 5.75 Å². The third-order valence-electron chi connectivity index (χ3n) is 3.05. The summed E-state index contributed by atoms with van der Waals surface area (Å²) in [4.78, 5) is 0. The SMILES string of the molecule is COc1cccc(OCCCOCCCCCN)c1OC. The first-order valence-electron chi connectivity index (χ1n) is 7.45. The van der Waals surface area contributed by atoms with E-state index in [1.807, 2.05) is 18.2 Å². The largest absolute Gasteiger partial charge is 0.493 e. The van der Waals surface area contributed by atoms with Crippen LogP contribution in [-0.2, 0) is 4.74 Å². The number of unbranched alkanes of at least 4 members (excludes halogenated alkanes) is 2. The Morgan fingerprint density at radius 1 is 0.857 bits per heavy atom. The van der Waals surface area contributed by atoms with Crippen LogP contribution in [0.15, 0.2) is 18.2 Å². The van der Waals surface area contributed by atoms with Crippen LogP contribution in [0.2, 0.25) is 0 Å². The maximum atomic E-state index is 5.71. The average Bonchev–Trinajstić information content (AvgIpc) is 2.52. The van der Waals surface area contributed by atoms with E-state index in [0.717, 1.165) is 38.8 Å². The van der Waals surface area contributed by atoms with Gasteiger partial charge in [0.15, 0.2) is 11.5 Å². The number of methoxy groups -OCH3 is 2. The van der Waals surface area contributed by atoms with Crippen LogP contribution in [0.1, 0.15) is 25.7 Å². The lowest BCUT2D eigenvalue weighted by Gasteiger charge is -2.13. The number of hydrogen-bond acceptors (Lipinski definition) is 5. The number of nitrogens with two attached hydrogens (primary N) is 1. The predicted molar refractivity (Wildman–Crippen MR) is 83.4 cm³/mol. The van der Waals surface area contributed by atoms with Crippen molar-refractivity contribution in [3.05, 3.63) is 18.2 Å². The van der Waals surface area contributed by atoms with Gasteiger partial charge in [-0.2, -0.15) is 0 Å². The van der Waals surface area contributed by atoms with Gasteiger partial charge in [0.1, 0.15) is 0 Å². The van der Waals surface area contributed by atoms with Crippen molar-refractivity contribution in [1.82, 2.24) is 0 Å². The van der Waals surface area contributed by atoms with Crippen LogP contribution >= 0.6 is 0 Å². The molecule has 0 radical (unpaired) electrons. The highest BCUT2D eigenvalue weighted by molar-refractivity contribution is 5.50. The summed E-state index contributed by atoms with van der Waals surface area (Å²) in [5, 5.41) is 0. The van der Waals surface area contributed by atoms with Crippen molar-refractivity contribution in [3.8, 4) is 17.2 Å². The van der Waals surface area contributed by atoms with Gasteiger partial charge >= 0.3 is 0 Å². The summed E-state index contributed by atoms with van der Waals surface area (Å²) < 4.78 is 21.8. The molecule has 0 aliphatic heterocycles. The Bertz CT molecular complexity index is 385. The second-order valence-corrected chi connectivity index (χ2v) is 4.66. The Labute approximate surface area is 127 Å². The zero-order valence-corrected chi connectivity index (χ0v) is 13.1. The standard InChI is InChI=1S/C16H27NO4/c1-18-14-8-6-9-15(16(14)19-2)21-13-7-12-20-11-5-3-4-10-17/h6,8-9H,3-5,7,10-13,17H2,1-2H3. The summed E-state index contributed by atoms with van der Waals surface area (Å²) >= 11 is 0. The van der Waals surface area contributed by atoms with Crippen molar-refractivity contribution in [2.24, 2.45) is 5.73 Å². The Balaban J connectivity index is 2.18. The molecule has 0 saturated heterocycles. The maximum Gasteiger partial charge on any atom is 0.203 e. The molecule has 0 aliphatic rings. The van der Waals surface area contributed by atoms with Gasteiger partial charge < -0.3 is 24.7 Å². The van der Waals surface area contributed by atoms with E-state index in [9.17, 15) is 0 Å². The lowest BCUT2D eigenvalue weighted by Crippen LogP contribution is -2.05. The summed E-state index contributed by atoms with van der Waals surface area (Å²) in [6.07, 6.45) is 4.12. The second-order valence-electron chi connectivity index (χ2n) is 4.66. The number of benzene rings is 1. The molecule has 21 heavy (non-hydrogen) atoms. The zero-order valence-electron chi connectivity index (χ0n) is 13.1. The fraction of sp³-hybridized carbons (Fsp3) is 0.625. The molecule has 1 aromatic rings. The molecular weight excluding hydrogens is 270 g/mol. The van der Waals surface area contributed by atoms with E-state index in [1.54, 1.807) is 14.2 Å². The maximum absolute atomic E-state index is 5.71. The van der Waals surface area contributed by atoms with Crippen LogP contribution in [0.4, 0.5) is 0 Å². The summed E-state index contributed by atoms with van der Waals surface area (Å²) in [5.74, 6) is 1.99. The molecule has 0 aromatic heterocycles. The minimum Gasteiger partial charge on any atom is -0.493 e. The first-order chi connectivity index (χ1) is 10.3. The monoisotopic (exact) mass is 297 g/mol. The van der Waals surface area contributed by atoms with Crippen LogP contribution in [0, 0.1) is 0 Å². The van der Waals surface area contributed by atoms with Gasteiger partial charge in [-0.15, -0.1) is 0 Å². The van der Waals surface area contributed by atoms with Crippen molar-refractivity contribution >= 4 is 0 Å². The first kappa shape index (κ1) is 17.6. The van der Waals surface area contributed by atoms with Crippen LogP contribution in [0.25, 0.3) is 0 Å². The Kier molecular flexibility index (Phi) is 9.40. The Morgan fingerprint density at radius 2 is 1.62 bits per heavy atom. The lowest BCUT2D eigenvalue weighted by molar-refractivity contribution is 0.115. The first-order valence-corrected chi connectivity index (χ1v) is 7.45. The van der Waals surface area contributed by atoms with Gasteiger partial charge in [0.25, 0.3) is 0 Å². The fourth-order valence-corrected chi connectivity index (χ4v) is 1.94. The minimum absolute atomic E-state index is 0.590. The molecule has 0 atom stereocenters. The molecule has 0 aliphatic carbocycles. The third-order valence-corrected chi connectivity index (χ3v) is 3.05. The molecule has 0 fully saturated rings. The summed E-state index contributed by atoms with van der Waals surface area (Å²) in [7, 11) is 3.22. The fourth-order valence-electron chi connectivity index (χ4n) is 1.94. The molecular formula is C16H27NO4. The van der Waals surface area contributed by atoms with Crippen molar-refractivity contribution in [2.75, 3.05) is 40.6 Å². The summed E-state index contributed by atoms with van der Waals surface area (Å²) in [6.45, 7) is 2.85. The topological polar surface area (TPSA) is 62.9 Å². The van der Waals surface area contributed by atoms with Crippen LogP contribution in [-0.4, -0.2) is 40.6 Å². The second kappa shape index (κ2) is 11.2. The molecule has 2 N–H and O–H groups in total. The summed E-state index contributed by atoms with van der Waals surface area (Å²) in [5.41, 5.74) is 5.43. The molecule has 120 valence electrons. The van der Waals surface area contributed by atoms with Gasteiger partial charge in [-0.25, -0.2) is 0 Å². The van der Waals surface area contributed by atoms with E-state index in [2.05, 4.69) is 0 Å². The van der Waals surface area contributed by atoms with Gasteiger partial charge in [-0.3, -0.25) is 0 Å². The van der Waals surface area contributed by atoms with E-state index in [0.29, 0.717) is 30.5 Å². The van der Waals surface area contributed by atoms with Gasteiger partial charge in [-0.05, 0) is 37.9 Å². The van der Waals surface area contributed by atoms with Gasteiger partial charge in [-0.1, -0.05) is 6.07 Å². The molecule has 0 bridgehead atoms. The van der Waals surface area contributed by atoms with Crippen LogP contribution < -0.4 is 19.9 Å². The highest BCUT2D eigenvalue weighted by Gasteiger charge is 2.10. The quantitative estimate of drug-likeness (QED) is 0.601. The van der Waals surface area contributed by atoms with Crippen molar-refractivity contribution in [1.29, 1.82) is 0 Å². The van der Waals surface area contributed by atoms with E-state index in [-0.39, 0.29) is 0 Å². The molecule has 0 saturated carbocycles. The Hall–Kier alpha value is -1.46. The molecule has 0 heterocycles.